The van der Waals surface area contributed by atoms with Gasteiger partial charge in [0.1, 0.15) is 0 Å². The Bertz CT molecular complexity index is 441. The van der Waals surface area contributed by atoms with Crippen molar-refractivity contribution in [2.45, 2.75) is 37.9 Å². The molecule has 0 aliphatic heterocycles. The van der Waals surface area contributed by atoms with E-state index >= 15 is 0 Å². The third kappa shape index (κ3) is 2.26. The number of aromatic amines is 1. The van der Waals surface area contributed by atoms with Gasteiger partial charge < -0.3 is 5.11 Å². The molecule has 0 aromatic carbocycles. The Hall–Kier alpha value is -0.920. The third-order valence-electron chi connectivity index (χ3n) is 2.70. The van der Waals surface area contributed by atoms with E-state index in [4.69, 9.17) is 5.11 Å². The second-order valence-corrected chi connectivity index (χ2v) is 5.60. The van der Waals surface area contributed by atoms with Gasteiger partial charge in [-0.05, 0) is 13.3 Å². The number of H-pyrrole nitrogens is 1. The van der Waals surface area contributed by atoms with E-state index in [-0.39, 0.29) is 23.2 Å². The van der Waals surface area contributed by atoms with Gasteiger partial charge in [-0.25, -0.2) is 8.42 Å². The van der Waals surface area contributed by atoms with Gasteiger partial charge in [-0.3, -0.25) is 5.10 Å². The largest absolute Gasteiger partial charge is 0.392 e. The molecule has 0 spiro atoms. The minimum atomic E-state index is -3.59. The number of nitrogens with one attached hydrogen (secondary N) is 1. The highest BCUT2D eigenvalue weighted by Crippen LogP contribution is 2.19. The van der Waals surface area contributed by atoms with Crippen molar-refractivity contribution >= 4 is 10.0 Å². The number of aliphatic hydroxyl groups excluding tert-OH is 1. The smallest absolute Gasteiger partial charge is 0.260 e. The average molecular weight is 247 g/mol. The summed E-state index contributed by atoms with van der Waals surface area (Å²) in [4.78, 5) is 0. The van der Waals surface area contributed by atoms with Crippen LogP contribution >= 0.6 is 0 Å². The zero-order valence-corrected chi connectivity index (χ0v) is 10.5. The fourth-order valence-electron chi connectivity index (χ4n) is 1.27. The standard InChI is InChI=1S/C9H17N3O3S/c1-4-7(2)12(3)16(14,15)9-8(6-13)5-10-11-9/h5,7,13H,4,6H2,1-3H3,(H,10,11). The molecule has 16 heavy (non-hydrogen) atoms. The first-order chi connectivity index (χ1) is 7.45. The Kier molecular flexibility index (Phi) is 4.06. The molecule has 0 fully saturated rings. The van der Waals surface area contributed by atoms with Crippen molar-refractivity contribution in [3.63, 3.8) is 0 Å². The first-order valence-electron chi connectivity index (χ1n) is 5.06. The monoisotopic (exact) mass is 247 g/mol. The minimum absolute atomic E-state index is 0.0298. The molecule has 0 aliphatic carbocycles. The summed E-state index contributed by atoms with van der Waals surface area (Å²) < 4.78 is 25.5. The van der Waals surface area contributed by atoms with Crippen molar-refractivity contribution in [2.24, 2.45) is 0 Å². The van der Waals surface area contributed by atoms with Gasteiger partial charge >= 0.3 is 0 Å². The molecule has 1 heterocycles. The van der Waals surface area contributed by atoms with E-state index in [1.54, 1.807) is 0 Å². The van der Waals surface area contributed by atoms with E-state index in [2.05, 4.69) is 10.2 Å². The number of aliphatic hydroxyl groups is 1. The van der Waals surface area contributed by atoms with E-state index in [0.717, 1.165) is 6.42 Å². The summed E-state index contributed by atoms with van der Waals surface area (Å²) in [7, 11) is -2.08. The van der Waals surface area contributed by atoms with E-state index in [0.29, 0.717) is 0 Å². The van der Waals surface area contributed by atoms with Crippen LogP contribution in [0.1, 0.15) is 25.8 Å². The molecule has 0 amide bonds. The quantitative estimate of drug-likeness (QED) is 0.784. The second kappa shape index (κ2) is 4.94. The van der Waals surface area contributed by atoms with Gasteiger partial charge in [0.15, 0.2) is 5.03 Å². The normalized spacial score (nSPS) is 14.3. The molecule has 1 unspecified atom stereocenters. The molecule has 0 saturated heterocycles. The number of rotatable bonds is 5. The number of hydrogen-bond acceptors (Lipinski definition) is 4. The maximum Gasteiger partial charge on any atom is 0.260 e. The highest BCUT2D eigenvalue weighted by molar-refractivity contribution is 7.89. The molecule has 0 radical (unpaired) electrons. The Morgan fingerprint density at radius 3 is 2.75 bits per heavy atom. The average Bonchev–Trinajstić information content (AvgIpc) is 2.75. The van der Waals surface area contributed by atoms with Gasteiger partial charge in [0.25, 0.3) is 10.0 Å². The Morgan fingerprint density at radius 2 is 2.25 bits per heavy atom. The lowest BCUT2D eigenvalue weighted by Gasteiger charge is -2.22. The Balaban J connectivity index is 3.12. The fraction of sp³-hybridized carbons (Fsp3) is 0.667. The van der Waals surface area contributed by atoms with Gasteiger partial charge in [-0.1, -0.05) is 6.92 Å². The predicted molar refractivity (Wildman–Crippen MR) is 59.2 cm³/mol. The number of hydrogen-bond donors (Lipinski definition) is 2. The summed E-state index contributed by atoms with van der Waals surface area (Å²) in [5, 5.41) is 15.0. The van der Waals surface area contributed by atoms with E-state index in [1.165, 1.54) is 17.5 Å². The number of nitrogens with zero attached hydrogens (tertiary/aromatic N) is 2. The van der Waals surface area contributed by atoms with Crippen LogP contribution in [-0.2, 0) is 16.6 Å². The summed E-state index contributed by atoms with van der Waals surface area (Å²) in [6.45, 7) is 3.39. The van der Waals surface area contributed by atoms with Crippen LogP contribution in [0.3, 0.4) is 0 Å². The molecule has 92 valence electrons. The van der Waals surface area contributed by atoms with Crippen LogP contribution in [0.4, 0.5) is 0 Å². The summed E-state index contributed by atoms with van der Waals surface area (Å²) in [5.41, 5.74) is 0.287. The Morgan fingerprint density at radius 1 is 1.62 bits per heavy atom. The number of aromatic nitrogens is 2. The summed E-state index contributed by atoms with van der Waals surface area (Å²) in [6, 6.07) is -0.0974. The molecule has 0 aliphatic rings. The maximum absolute atomic E-state index is 12.1. The first kappa shape index (κ1) is 13.1. The third-order valence-corrected chi connectivity index (χ3v) is 4.68. The van der Waals surface area contributed by atoms with Crippen LogP contribution < -0.4 is 0 Å². The lowest BCUT2D eigenvalue weighted by molar-refractivity contribution is 0.277. The van der Waals surface area contributed by atoms with E-state index < -0.39 is 10.0 Å². The van der Waals surface area contributed by atoms with Crippen molar-refractivity contribution in [1.29, 1.82) is 0 Å². The van der Waals surface area contributed by atoms with Crippen molar-refractivity contribution in [3.05, 3.63) is 11.8 Å². The summed E-state index contributed by atoms with van der Waals surface area (Å²) in [5.74, 6) is 0. The van der Waals surface area contributed by atoms with Crippen LogP contribution in [0.5, 0.6) is 0 Å². The Labute approximate surface area is 95.3 Å². The first-order valence-corrected chi connectivity index (χ1v) is 6.50. The molecular weight excluding hydrogens is 230 g/mol. The predicted octanol–water partition coefficient (Wildman–Crippen LogP) is 0.321. The van der Waals surface area contributed by atoms with Crippen molar-refractivity contribution in [1.82, 2.24) is 14.5 Å². The molecule has 0 saturated carbocycles. The molecular formula is C9H17N3O3S. The summed E-state index contributed by atoms with van der Waals surface area (Å²) in [6.07, 6.45) is 2.04. The van der Waals surface area contributed by atoms with Crippen LogP contribution in [0.2, 0.25) is 0 Å². The fourth-order valence-corrected chi connectivity index (χ4v) is 2.80. The molecule has 1 aromatic rings. The van der Waals surface area contributed by atoms with Gasteiger partial charge in [0.2, 0.25) is 0 Å². The van der Waals surface area contributed by atoms with Gasteiger partial charge in [-0.15, -0.1) is 0 Å². The molecule has 0 bridgehead atoms. The van der Waals surface area contributed by atoms with Crippen molar-refractivity contribution in [2.75, 3.05) is 7.05 Å². The topological polar surface area (TPSA) is 86.3 Å². The van der Waals surface area contributed by atoms with Crippen molar-refractivity contribution in [3.8, 4) is 0 Å². The highest BCUT2D eigenvalue weighted by Gasteiger charge is 2.28. The second-order valence-electron chi connectivity index (χ2n) is 3.66. The lowest BCUT2D eigenvalue weighted by Crippen LogP contribution is -2.35. The van der Waals surface area contributed by atoms with Crippen molar-refractivity contribution < 1.29 is 13.5 Å². The van der Waals surface area contributed by atoms with E-state index in [9.17, 15) is 8.42 Å². The van der Waals surface area contributed by atoms with E-state index in [1.807, 2.05) is 13.8 Å². The van der Waals surface area contributed by atoms with Crippen LogP contribution in [-0.4, -0.2) is 41.1 Å². The molecule has 1 aromatic heterocycles. The molecule has 1 rings (SSSR count). The lowest BCUT2D eigenvalue weighted by atomic mass is 10.3. The van der Waals surface area contributed by atoms with Crippen LogP contribution in [0, 0.1) is 0 Å². The SMILES string of the molecule is CCC(C)N(C)S(=O)(=O)c1[nH]ncc1CO. The molecule has 6 nitrogen and oxygen atoms in total. The zero-order valence-electron chi connectivity index (χ0n) is 9.64. The molecule has 2 N–H and O–H groups in total. The minimum Gasteiger partial charge on any atom is -0.392 e. The maximum atomic E-state index is 12.1. The van der Waals surface area contributed by atoms with Crippen LogP contribution in [0.15, 0.2) is 11.2 Å². The van der Waals surface area contributed by atoms with Gasteiger partial charge in [0.05, 0.1) is 12.8 Å². The number of sulfonamides is 1. The molecule has 7 heteroatoms. The van der Waals surface area contributed by atoms with Gasteiger partial charge in [0, 0.05) is 18.7 Å². The summed E-state index contributed by atoms with van der Waals surface area (Å²) >= 11 is 0. The highest BCUT2D eigenvalue weighted by atomic mass is 32.2. The molecule has 1 atom stereocenters. The van der Waals surface area contributed by atoms with Gasteiger partial charge in [-0.2, -0.15) is 9.40 Å². The zero-order chi connectivity index (χ0) is 12.3. The van der Waals surface area contributed by atoms with Crippen LogP contribution in [0.25, 0.3) is 0 Å².